The molecular formula is C28H24FNO4S. The van der Waals surface area contributed by atoms with Crippen molar-refractivity contribution in [3.63, 3.8) is 0 Å². The van der Waals surface area contributed by atoms with E-state index < -0.39 is 5.97 Å². The van der Waals surface area contributed by atoms with Crippen LogP contribution >= 0.6 is 11.8 Å². The maximum Gasteiger partial charge on any atom is 0.344 e. The predicted octanol–water partition coefficient (Wildman–Crippen LogP) is 6.91. The molecule has 0 aromatic heterocycles. The van der Waals surface area contributed by atoms with E-state index in [-0.39, 0.29) is 30.4 Å². The number of aliphatic imine (C=N–C) groups is 1. The molecule has 0 saturated carbocycles. The van der Waals surface area contributed by atoms with Gasteiger partial charge in [-0.2, -0.15) is 0 Å². The maximum atomic E-state index is 13.3. The average molecular weight is 490 g/mol. The van der Waals surface area contributed by atoms with Gasteiger partial charge in [0.1, 0.15) is 34.5 Å². The van der Waals surface area contributed by atoms with Crippen LogP contribution in [0.1, 0.15) is 23.6 Å². The summed E-state index contributed by atoms with van der Waals surface area (Å²) in [7, 11) is 0. The van der Waals surface area contributed by atoms with Gasteiger partial charge in [-0.15, -0.1) is 0 Å². The quantitative estimate of drug-likeness (QED) is 0.365. The Hall–Kier alpha value is -3.84. The first-order chi connectivity index (χ1) is 16.9. The standard InChI is InChI=1S/C28H24FNO4S/c1-3-33-28(32)25-26(31)24(35-27(25)30-22-11-7-18(2)8-12-22)16-19-9-13-23(14-10-19)34-17-20-5-4-6-21(29)15-20/h4-16,31H,3,17H2,1-2H3. The van der Waals surface area contributed by atoms with Crippen molar-refractivity contribution in [1.82, 2.24) is 0 Å². The molecule has 0 radical (unpaired) electrons. The van der Waals surface area contributed by atoms with Gasteiger partial charge in [0.05, 0.1) is 17.2 Å². The number of aliphatic hydroxyl groups is 1. The van der Waals surface area contributed by atoms with Crippen molar-refractivity contribution in [1.29, 1.82) is 0 Å². The normalized spacial score (nSPS) is 15.6. The molecule has 35 heavy (non-hydrogen) atoms. The lowest BCUT2D eigenvalue weighted by Crippen LogP contribution is -2.12. The monoisotopic (exact) mass is 489 g/mol. The fourth-order valence-electron chi connectivity index (χ4n) is 3.33. The number of ether oxygens (including phenoxy) is 2. The van der Waals surface area contributed by atoms with Crippen LogP contribution in [0, 0.1) is 12.7 Å². The summed E-state index contributed by atoms with van der Waals surface area (Å²) in [5.41, 5.74) is 3.37. The van der Waals surface area contributed by atoms with Crippen LogP contribution in [0.15, 0.2) is 94.0 Å². The molecule has 1 heterocycles. The van der Waals surface area contributed by atoms with E-state index in [9.17, 15) is 14.3 Å². The molecule has 0 bridgehead atoms. The van der Waals surface area contributed by atoms with Gasteiger partial charge in [-0.25, -0.2) is 14.2 Å². The molecule has 178 valence electrons. The molecule has 1 aliphatic rings. The number of rotatable bonds is 7. The SMILES string of the molecule is CCOC(=O)C1=C(O)C(=Cc2ccc(OCc3cccc(F)c3)cc2)SC1=Nc1ccc(C)cc1. The first-order valence-corrected chi connectivity index (χ1v) is 11.9. The molecule has 0 aliphatic carbocycles. The Bertz CT molecular complexity index is 1310. The van der Waals surface area contributed by atoms with Crippen molar-refractivity contribution < 1.29 is 23.8 Å². The minimum atomic E-state index is -0.618. The van der Waals surface area contributed by atoms with Crippen molar-refractivity contribution in [3.05, 3.63) is 112 Å². The zero-order valence-corrected chi connectivity index (χ0v) is 20.1. The van der Waals surface area contributed by atoms with E-state index in [4.69, 9.17) is 9.47 Å². The third-order valence-electron chi connectivity index (χ3n) is 5.11. The number of esters is 1. The van der Waals surface area contributed by atoms with Crippen molar-refractivity contribution in [2.24, 2.45) is 4.99 Å². The van der Waals surface area contributed by atoms with E-state index in [1.54, 1.807) is 37.3 Å². The van der Waals surface area contributed by atoms with Gasteiger partial charge in [0.2, 0.25) is 0 Å². The third kappa shape index (κ3) is 6.19. The number of halogens is 1. The van der Waals surface area contributed by atoms with Gasteiger partial charge in [0.15, 0.2) is 0 Å². The first kappa shape index (κ1) is 24.3. The second-order valence-electron chi connectivity index (χ2n) is 7.79. The summed E-state index contributed by atoms with van der Waals surface area (Å²) < 4.78 is 24.2. The Balaban J connectivity index is 1.55. The molecule has 0 spiro atoms. The van der Waals surface area contributed by atoms with Gasteiger partial charge in [-0.3, -0.25) is 0 Å². The number of aryl methyl sites for hydroxylation is 1. The molecular weight excluding hydrogens is 465 g/mol. The van der Waals surface area contributed by atoms with Crippen LogP contribution in [-0.4, -0.2) is 22.7 Å². The number of hydrogen-bond acceptors (Lipinski definition) is 6. The highest BCUT2D eigenvalue weighted by molar-refractivity contribution is 8.18. The Morgan fingerprint density at radius 3 is 2.51 bits per heavy atom. The molecule has 0 saturated heterocycles. The minimum Gasteiger partial charge on any atom is -0.506 e. The molecule has 5 nitrogen and oxygen atoms in total. The number of aliphatic hydroxyl groups excluding tert-OH is 1. The summed E-state index contributed by atoms with van der Waals surface area (Å²) in [5.74, 6) is -0.454. The number of carbonyl (C=O) groups excluding carboxylic acids is 1. The Labute approximate surface area is 207 Å². The Kier molecular flexibility index (Phi) is 7.67. The maximum absolute atomic E-state index is 13.3. The lowest BCUT2D eigenvalue weighted by Gasteiger charge is -2.07. The molecule has 3 aromatic rings. The summed E-state index contributed by atoms with van der Waals surface area (Å²) in [6, 6.07) is 21.1. The molecule has 3 aromatic carbocycles. The zero-order valence-electron chi connectivity index (χ0n) is 19.3. The summed E-state index contributed by atoms with van der Waals surface area (Å²) in [5, 5.41) is 11.2. The van der Waals surface area contributed by atoms with Gasteiger partial charge in [0, 0.05) is 0 Å². The molecule has 0 unspecified atom stereocenters. The van der Waals surface area contributed by atoms with E-state index in [1.165, 1.54) is 23.9 Å². The van der Waals surface area contributed by atoms with Crippen LogP contribution in [0.25, 0.3) is 6.08 Å². The van der Waals surface area contributed by atoms with Gasteiger partial charge in [0.25, 0.3) is 0 Å². The van der Waals surface area contributed by atoms with E-state index in [2.05, 4.69) is 4.99 Å². The van der Waals surface area contributed by atoms with Gasteiger partial charge in [-0.05, 0) is 67.4 Å². The highest BCUT2D eigenvalue weighted by Gasteiger charge is 2.33. The van der Waals surface area contributed by atoms with Crippen LogP contribution in [0.4, 0.5) is 10.1 Å². The van der Waals surface area contributed by atoms with E-state index >= 15 is 0 Å². The smallest absolute Gasteiger partial charge is 0.344 e. The van der Waals surface area contributed by atoms with E-state index in [1.807, 2.05) is 43.3 Å². The van der Waals surface area contributed by atoms with Gasteiger partial charge < -0.3 is 14.6 Å². The van der Waals surface area contributed by atoms with E-state index in [0.717, 1.165) is 16.7 Å². The van der Waals surface area contributed by atoms with Crippen molar-refractivity contribution >= 4 is 34.5 Å². The third-order valence-corrected chi connectivity index (χ3v) is 6.13. The van der Waals surface area contributed by atoms with Crippen LogP contribution < -0.4 is 4.74 Å². The molecule has 0 amide bonds. The fourth-order valence-corrected chi connectivity index (χ4v) is 4.37. The van der Waals surface area contributed by atoms with Crippen LogP contribution in [0.3, 0.4) is 0 Å². The molecule has 0 fully saturated rings. The van der Waals surface area contributed by atoms with Crippen molar-refractivity contribution in [2.75, 3.05) is 6.61 Å². The zero-order chi connectivity index (χ0) is 24.8. The van der Waals surface area contributed by atoms with Crippen LogP contribution in [-0.2, 0) is 16.1 Å². The highest BCUT2D eigenvalue weighted by Crippen LogP contribution is 2.40. The van der Waals surface area contributed by atoms with Crippen molar-refractivity contribution in [3.8, 4) is 5.75 Å². The number of nitrogens with zero attached hydrogens (tertiary/aromatic N) is 1. The molecule has 0 atom stereocenters. The lowest BCUT2D eigenvalue weighted by atomic mass is 10.1. The van der Waals surface area contributed by atoms with E-state index in [0.29, 0.717) is 21.4 Å². The minimum absolute atomic E-state index is 0.0544. The number of benzene rings is 3. The topological polar surface area (TPSA) is 68.1 Å². The molecule has 7 heteroatoms. The summed E-state index contributed by atoms with van der Waals surface area (Å²) in [6.07, 6.45) is 1.77. The number of hydrogen-bond donors (Lipinski definition) is 1. The van der Waals surface area contributed by atoms with Crippen molar-refractivity contribution in [2.45, 2.75) is 20.5 Å². The first-order valence-electron chi connectivity index (χ1n) is 11.1. The molecule has 4 rings (SSSR count). The Morgan fingerprint density at radius 2 is 1.83 bits per heavy atom. The predicted molar refractivity (Wildman–Crippen MR) is 137 cm³/mol. The number of thioether (sulfide) groups is 1. The highest BCUT2D eigenvalue weighted by atomic mass is 32.2. The second kappa shape index (κ2) is 11.1. The van der Waals surface area contributed by atoms with Crippen LogP contribution in [0.5, 0.6) is 5.75 Å². The van der Waals surface area contributed by atoms with Gasteiger partial charge in [-0.1, -0.05) is 53.7 Å². The fraction of sp³-hybridized carbons (Fsp3) is 0.143. The molecule has 1 N–H and O–H groups in total. The average Bonchev–Trinajstić information content (AvgIpc) is 3.14. The Morgan fingerprint density at radius 1 is 1.09 bits per heavy atom. The van der Waals surface area contributed by atoms with Crippen LogP contribution in [0.2, 0.25) is 0 Å². The second-order valence-corrected chi connectivity index (χ2v) is 8.83. The summed E-state index contributed by atoms with van der Waals surface area (Å²) in [4.78, 5) is 17.6. The summed E-state index contributed by atoms with van der Waals surface area (Å²) >= 11 is 1.21. The largest absolute Gasteiger partial charge is 0.506 e. The lowest BCUT2D eigenvalue weighted by molar-refractivity contribution is -0.138. The van der Waals surface area contributed by atoms with Gasteiger partial charge >= 0.3 is 5.97 Å². The number of carbonyl (C=O) groups is 1. The molecule has 1 aliphatic heterocycles. The summed E-state index contributed by atoms with van der Waals surface area (Å²) in [6.45, 7) is 4.13.